The first kappa shape index (κ1) is 23.7. The van der Waals surface area contributed by atoms with Gasteiger partial charge in [0.2, 0.25) is 5.95 Å². The Morgan fingerprint density at radius 3 is 2.61 bits per heavy atom. The number of rotatable bonds is 4. The van der Waals surface area contributed by atoms with Crippen LogP contribution in [0.15, 0.2) is 41.3 Å². The summed E-state index contributed by atoms with van der Waals surface area (Å²) in [6, 6.07) is 10.5. The third kappa shape index (κ3) is 3.34. The summed E-state index contributed by atoms with van der Waals surface area (Å²) in [5, 5.41) is 8.78. The van der Waals surface area contributed by atoms with Crippen molar-refractivity contribution in [2.45, 2.75) is 43.6 Å². The molecule has 2 aliphatic carbocycles. The van der Waals surface area contributed by atoms with Gasteiger partial charge >= 0.3 is 0 Å². The van der Waals surface area contributed by atoms with Crippen LogP contribution in [0.2, 0.25) is 5.02 Å². The maximum absolute atomic E-state index is 13.5. The summed E-state index contributed by atoms with van der Waals surface area (Å²) in [7, 11) is 3.83. The number of nitrogens with zero attached hydrogens (tertiary/aromatic N) is 5. The maximum atomic E-state index is 13.5. The third-order valence-electron chi connectivity index (χ3n) is 9.08. The molecule has 9 nitrogen and oxygen atoms in total. The molecule has 3 aliphatic rings. The molecule has 7 rings (SSSR count). The molecule has 1 aliphatic heterocycles. The minimum Gasteiger partial charge on any atom is -0.362 e. The molecule has 4 heterocycles. The van der Waals surface area contributed by atoms with Crippen LogP contribution in [0.5, 0.6) is 0 Å². The van der Waals surface area contributed by atoms with Gasteiger partial charge in [-0.15, -0.1) is 0 Å². The first-order chi connectivity index (χ1) is 18.3. The molecule has 3 aromatic heterocycles. The Hall–Kier alpha value is -3.43. The van der Waals surface area contributed by atoms with Gasteiger partial charge in [0.15, 0.2) is 5.65 Å². The van der Waals surface area contributed by atoms with E-state index in [1.54, 1.807) is 6.20 Å². The number of benzene rings is 1. The van der Waals surface area contributed by atoms with Crippen molar-refractivity contribution in [1.29, 1.82) is 0 Å². The Labute approximate surface area is 225 Å². The molecule has 196 valence electrons. The first-order valence-electron chi connectivity index (χ1n) is 13.2. The van der Waals surface area contributed by atoms with Crippen molar-refractivity contribution < 1.29 is 0 Å². The van der Waals surface area contributed by atoms with E-state index in [-0.39, 0.29) is 17.0 Å². The number of aromatic nitrogens is 5. The number of nitrogens with one attached hydrogen (secondary N) is 2. The zero-order valence-corrected chi connectivity index (χ0v) is 22.3. The molecule has 2 fully saturated rings. The van der Waals surface area contributed by atoms with Crippen LogP contribution in [0.3, 0.4) is 0 Å². The normalized spacial score (nSPS) is 21.2. The Morgan fingerprint density at radius 1 is 1.13 bits per heavy atom. The average molecular weight is 531 g/mol. The van der Waals surface area contributed by atoms with E-state index in [2.05, 4.69) is 49.3 Å². The number of piperidine rings is 1. The van der Waals surface area contributed by atoms with Gasteiger partial charge in [0.05, 0.1) is 10.7 Å². The lowest BCUT2D eigenvalue weighted by Gasteiger charge is -2.42. The lowest BCUT2D eigenvalue weighted by atomic mass is 9.73. The number of hydrogen-bond donors (Lipinski definition) is 3. The molecular weight excluding hydrogens is 500 g/mol. The fraction of sp³-hybridized carbons (Fsp3) is 0.429. The molecule has 4 aromatic rings. The summed E-state index contributed by atoms with van der Waals surface area (Å²) in [5.74, 6) is 1.29. The van der Waals surface area contributed by atoms with E-state index < -0.39 is 5.41 Å². The average Bonchev–Trinajstić information content (AvgIpc) is 3.51. The molecular formula is C28H31ClN8O. The van der Waals surface area contributed by atoms with Gasteiger partial charge in [-0.1, -0.05) is 35.9 Å². The molecule has 1 saturated heterocycles. The van der Waals surface area contributed by atoms with E-state index in [0.29, 0.717) is 33.5 Å². The predicted molar refractivity (Wildman–Crippen MR) is 149 cm³/mol. The van der Waals surface area contributed by atoms with Crippen molar-refractivity contribution >= 4 is 34.4 Å². The van der Waals surface area contributed by atoms with E-state index in [0.717, 1.165) is 50.8 Å². The second-order valence-corrected chi connectivity index (χ2v) is 11.7. The highest BCUT2D eigenvalue weighted by molar-refractivity contribution is 6.34. The van der Waals surface area contributed by atoms with Gasteiger partial charge in [-0.25, -0.2) is 4.98 Å². The molecule has 0 radical (unpaired) electrons. The van der Waals surface area contributed by atoms with Crippen LogP contribution >= 0.6 is 11.6 Å². The number of fused-ring (bicyclic) bond motifs is 2. The van der Waals surface area contributed by atoms with Crippen LogP contribution in [0.25, 0.3) is 11.0 Å². The van der Waals surface area contributed by atoms with Gasteiger partial charge in [-0.3, -0.25) is 14.9 Å². The van der Waals surface area contributed by atoms with Crippen molar-refractivity contribution in [3.05, 3.63) is 74.3 Å². The van der Waals surface area contributed by atoms with E-state index in [1.165, 1.54) is 11.1 Å². The van der Waals surface area contributed by atoms with Crippen molar-refractivity contribution in [1.82, 2.24) is 25.1 Å². The molecule has 10 heteroatoms. The van der Waals surface area contributed by atoms with Gasteiger partial charge in [-0.2, -0.15) is 10.1 Å². The van der Waals surface area contributed by atoms with E-state index in [1.807, 2.05) is 25.1 Å². The van der Waals surface area contributed by atoms with Crippen LogP contribution < -0.4 is 21.1 Å². The number of pyridine rings is 1. The van der Waals surface area contributed by atoms with Crippen molar-refractivity contribution in [2.75, 3.05) is 37.0 Å². The fourth-order valence-electron chi connectivity index (χ4n) is 6.76. The molecule has 0 unspecified atom stereocenters. The Balaban J connectivity index is 1.18. The van der Waals surface area contributed by atoms with Crippen LogP contribution in [-0.2, 0) is 11.8 Å². The predicted octanol–water partition coefficient (Wildman–Crippen LogP) is 3.68. The summed E-state index contributed by atoms with van der Waals surface area (Å²) in [6.45, 7) is 1.59. The number of anilines is 2. The van der Waals surface area contributed by atoms with Gasteiger partial charge in [0.1, 0.15) is 11.2 Å². The highest BCUT2D eigenvalue weighted by Gasteiger charge is 2.51. The smallest absolute Gasteiger partial charge is 0.263 e. The monoisotopic (exact) mass is 530 g/mol. The molecule has 1 atom stereocenters. The second-order valence-electron chi connectivity index (χ2n) is 11.4. The molecule has 0 amide bonds. The summed E-state index contributed by atoms with van der Waals surface area (Å²) in [5.41, 5.74) is 11.0. The van der Waals surface area contributed by atoms with Gasteiger partial charge < -0.3 is 15.5 Å². The molecule has 4 N–H and O–H groups in total. The zero-order valence-electron chi connectivity index (χ0n) is 21.6. The number of aromatic amines is 2. The highest BCUT2D eigenvalue weighted by atomic mass is 35.5. The number of hydrogen-bond acceptors (Lipinski definition) is 7. The van der Waals surface area contributed by atoms with Crippen LogP contribution in [0.4, 0.5) is 11.8 Å². The minimum absolute atomic E-state index is 0.0493. The van der Waals surface area contributed by atoms with E-state index in [9.17, 15) is 4.79 Å². The Bertz CT molecular complexity index is 1610. The molecule has 1 spiro atoms. The van der Waals surface area contributed by atoms with Crippen LogP contribution in [0.1, 0.15) is 54.1 Å². The highest BCUT2D eigenvalue weighted by Crippen LogP contribution is 2.56. The molecule has 38 heavy (non-hydrogen) atoms. The first-order valence-corrected chi connectivity index (χ1v) is 13.6. The fourth-order valence-corrected chi connectivity index (χ4v) is 7.23. The van der Waals surface area contributed by atoms with Gasteiger partial charge in [0.25, 0.3) is 5.56 Å². The van der Waals surface area contributed by atoms with Gasteiger partial charge in [-0.05, 0) is 60.3 Å². The summed E-state index contributed by atoms with van der Waals surface area (Å²) < 4.78 is 0. The van der Waals surface area contributed by atoms with Crippen LogP contribution in [0, 0.1) is 5.41 Å². The van der Waals surface area contributed by atoms with E-state index >= 15 is 0 Å². The quantitative estimate of drug-likeness (QED) is 0.368. The third-order valence-corrected chi connectivity index (χ3v) is 9.45. The zero-order chi connectivity index (χ0) is 26.2. The van der Waals surface area contributed by atoms with Crippen molar-refractivity contribution in [2.24, 2.45) is 11.1 Å². The standard InChI is InChI=1S/C28H31ClN8O/c1-36(2)24-20(29)18(7-12-31-24)28(8-9-28)22-19-23(35-34-22)32-26(33-25(19)38)37-13-10-27(11-14-37)15-16-5-3-4-6-17(16)21(27)30/h3-7,12,21H,8-11,13-15,30H2,1-2H3,(H2,32,33,34,35,38)/t21-/m1/s1. The number of nitrogens with two attached hydrogens (primary N) is 1. The summed E-state index contributed by atoms with van der Waals surface area (Å²) >= 11 is 6.79. The number of H-pyrrole nitrogens is 2. The second kappa shape index (κ2) is 8.28. The van der Waals surface area contributed by atoms with Crippen molar-refractivity contribution in [3.63, 3.8) is 0 Å². The minimum atomic E-state index is -0.412. The molecule has 1 aromatic carbocycles. The van der Waals surface area contributed by atoms with Gasteiger partial charge in [0, 0.05) is 44.8 Å². The SMILES string of the molecule is CN(C)c1nccc(C2(c3n[nH]c4nc(N5CCC6(CC5)Cc5ccccc5[C@H]6N)[nH]c(=O)c34)CC2)c1Cl. The lowest BCUT2D eigenvalue weighted by Crippen LogP contribution is -2.45. The Morgan fingerprint density at radius 2 is 1.89 bits per heavy atom. The largest absolute Gasteiger partial charge is 0.362 e. The van der Waals surface area contributed by atoms with E-state index in [4.69, 9.17) is 22.3 Å². The maximum Gasteiger partial charge on any atom is 0.263 e. The topological polar surface area (TPSA) is 120 Å². The summed E-state index contributed by atoms with van der Waals surface area (Å²) in [6.07, 6.45) is 6.42. The number of halogens is 1. The molecule has 0 bridgehead atoms. The van der Waals surface area contributed by atoms with Crippen LogP contribution in [-0.4, -0.2) is 52.3 Å². The van der Waals surface area contributed by atoms with Crippen molar-refractivity contribution in [3.8, 4) is 0 Å². The lowest BCUT2D eigenvalue weighted by molar-refractivity contribution is 0.187. The Kier molecular flexibility index (Phi) is 5.16. The summed E-state index contributed by atoms with van der Waals surface area (Å²) in [4.78, 5) is 29.9. The molecule has 1 saturated carbocycles.